The van der Waals surface area contributed by atoms with Crippen molar-refractivity contribution in [3.63, 3.8) is 0 Å². The Morgan fingerprint density at radius 1 is 1.00 bits per heavy atom. The van der Waals surface area contributed by atoms with Crippen molar-refractivity contribution in [1.82, 2.24) is 14.3 Å². The minimum absolute atomic E-state index is 0.0203. The Balaban J connectivity index is 1.70. The number of carbonyl (C=O) groups is 1. The van der Waals surface area contributed by atoms with Crippen molar-refractivity contribution in [2.45, 2.75) is 18.4 Å². The number of fused-ring (bicyclic) bond motifs is 1. The molecule has 4 aromatic rings. The summed E-state index contributed by atoms with van der Waals surface area (Å²) >= 11 is 0. The molecule has 4 rings (SSSR count). The van der Waals surface area contributed by atoms with Crippen molar-refractivity contribution < 1.29 is 17.6 Å². The molecule has 1 heterocycles. The van der Waals surface area contributed by atoms with E-state index in [0.29, 0.717) is 22.3 Å². The first-order valence-corrected chi connectivity index (χ1v) is 11.4. The number of anilines is 1. The molecule has 3 aromatic carbocycles. The average Bonchev–Trinajstić information content (AvgIpc) is 2.79. The topological polar surface area (TPSA) is 110 Å². The van der Waals surface area contributed by atoms with E-state index in [0.717, 1.165) is 0 Å². The van der Waals surface area contributed by atoms with E-state index in [2.05, 4.69) is 15.0 Å². The van der Waals surface area contributed by atoms with Gasteiger partial charge in [-0.3, -0.25) is 14.2 Å². The van der Waals surface area contributed by atoms with E-state index >= 15 is 0 Å². The summed E-state index contributed by atoms with van der Waals surface area (Å²) in [6.45, 7) is 1.07. The van der Waals surface area contributed by atoms with Crippen LogP contribution in [0.4, 0.5) is 10.1 Å². The number of hydrogen-bond donors (Lipinski definition) is 2. The Morgan fingerprint density at radius 3 is 2.33 bits per heavy atom. The molecule has 0 aliphatic carbocycles. The molecule has 0 saturated heterocycles. The second-order valence-corrected chi connectivity index (χ2v) is 8.96. The van der Waals surface area contributed by atoms with E-state index in [1.807, 2.05) is 0 Å². The number of carbonyl (C=O) groups excluding carboxylic acids is 1. The zero-order chi connectivity index (χ0) is 23.6. The first-order chi connectivity index (χ1) is 15.7. The van der Waals surface area contributed by atoms with Crippen molar-refractivity contribution in [2.24, 2.45) is 0 Å². The Hall–Kier alpha value is -3.89. The highest BCUT2D eigenvalue weighted by molar-refractivity contribution is 7.89. The van der Waals surface area contributed by atoms with Gasteiger partial charge in [-0.25, -0.2) is 22.5 Å². The molecule has 1 amide bonds. The number of hydrogen-bond acceptors (Lipinski definition) is 5. The molecule has 8 nitrogen and oxygen atoms in total. The molecule has 2 N–H and O–H groups in total. The zero-order valence-corrected chi connectivity index (χ0v) is 18.3. The van der Waals surface area contributed by atoms with Crippen molar-refractivity contribution in [3.05, 3.63) is 94.8 Å². The first kappa shape index (κ1) is 22.3. The predicted octanol–water partition coefficient (Wildman–Crippen LogP) is 2.96. The number of benzene rings is 3. The van der Waals surface area contributed by atoms with Gasteiger partial charge in [0, 0.05) is 12.6 Å². The smallest absolute Gasteiger partial charge is 0.266 e. The van der Waals surface area contributed by atoms with Crippen LogP contribution in [0.5, 0.6) is 0 Å². The van der Waals surface area contributed by atoms with Crippen LogP contribution in [0.25, 0.3) is 16.6 Å². The van der Waals surface area contributed by atoms with E-state index in [1.165, 1.54) is 60.0 Å². The number of sulfonamides is 1. The molecule has 0 radical (unpaired) electrons. The minimum Gasteiger partial charge on any atom is -0.326 e. The van der Waals surface area contributed by atoms with Crippen LogP contribution < -0.4 is 15.6 Å². The maximum atomic E-state index is 13.4. The fourth-order valence-corrected chi connectivity index (χ4v) is 4.30. The van der Waals surface area contributed by atoms with Gasteiger partial charge >= 0.3 is 0 Å². The number of aromatic nitrogens is 2. The molecule has 0 bridgehead atoms. The maximum Gasteiger partial charge on any atom is 0.266 e. The van der Waals surface area contributed by atoms with Crippen LogP contribution in [0.3, 0.4) is 0 Å². The maximum absolute atomic E-state index is 13.4. The summed E-state index contributed by atoms with van der Waals surface area (Å²) in [4.78, 5) is 28.8. The Morgan fingerprint density at radius 2 is 1.67 bits per heavy atom. The summed E-state index contributed by atoms with van der Waals surface area (Å²) in [6.07, 6.45) is 0. The van der Waals surface area contributed by atoms with Crippen LogP contribution >= 0.6 is 0 Å². The van der Waals surface area contributed by atoms with Crippen molar-refractivity contribution in [2.75, 3.05) is 5.32 Å². The van der Waals surface area contributed by atoms with Crippen molar-refractivity contribution in [3.8, 4) is 5.69 Å². The molecule has 0 atom stereocenters. The quantitative estimate of drug-likeness (QED) is 0.454. The van der Waals surface area contributed by atoms with Gasteiger partial charge in [-0.05, 0) is 60.7 Å². The van der Waals surface area contributed by atoms with Crippen LogP contribution in [0.2, 0.25) is 0 Å². The Kier molecular flexibility index (Phi) is 6.03. The minimum atomic E-state index is -3.95. The summed E-state index contributed by atoms with van der Waals surface area (Å²) in [7, 11) is -3.95. The van der Waals surface area contributed by atoms with E-state index in [-0.39, 0.29) is 23.2 Å². The predicted molar refractivity (Wildman–Crippen MR) is 122 cm³/mol. The molecule has 0 unspecified atom stereocenters. The molecule has 33 heavy (non-hydrogen) atoms. The molecule has 0 fully saturated rings. The second kappa shape index (κ2) is 8.93. The molecule has 0 saturated carbocycles. The molecule has 0 aliphatic heterocycles. The van der Waals surface area contributed by atoms with Gasteiger partial charge in [0.1, 0.15) is 11.6 Å². The fraction of sp³-hybridized carbons (Fsp3) is 0.0870. The number of halogens is 1. The molecular formula is C23H19FN4O4S. The second-order valence-electron chi connectivity index (χ2n) is 7.19. The van der Waals surface area contributed by atoms with Gasteiger partial charge in [0.05, 0.1) is 28.0 Å². The van der Waals surface area contributed by atoms with Crippen molar-refractivity contribution in [1.29, 1.82) is 0 Å². The highest BCUT2D eigenvalue weighted by Gasteiger charge is 2.18. The van der Waals surface area contributed by atoms with Gasteiger partial charge < -0.3 is 5.32 Å². The highest BCUT2D eigenvalue weighted by Crippen LogP contribution is 2.17. The molecule has 10 heteroatoms. The zero-order valence-electron chi connectivity index (χ0n) is 17.4. The number of amides is 1. The van der Waals surface area contributed by atoms with Gasteiger partial charge in [0.15, 0.2) is 0 Å². The largest absolute Gasteiger partial charge is 0.326 e. The first-order valence-electron chi connectivity index (χ1n) is 9.88. The third-order valence-electron chi connectivity index (χ3n) is 4.84. The third kappa shape index (κ3) is 4.81. The molecule has 0 aliphatic rings. The third-order valence-corrected chi connectivity index (χ3v) is 6.25. The van der Waals surface area contributed by atoms with Gasteiger partial charge in [-0.2, -0.15) is 0 Å². The monoisotopic (exact) mass is 466 g/mol. The van der Waals surface area contributed by atoms with Crippen LogP contribution in [0, 0.1) is 5.82 Å². The molecular weight excluding hydrogens is 447 g/mol. The number of nitrogens with zero attached hydrogens (tertiary/aromatic N) is 2. The van der Waals surface area contributed by atoms with Crippen LogP contribution in [-0.2, 0) is 21.4 Å². The number of para-hydroxylation sites is 1. The Labute approximate surface area is 188 Å². The van der Waals surface area contributed by atoms with Gasteiger partial charge in [0.2, 0.25) is 15.9 Å². The summed E-state index contributed by atoms with van der Waals surface area (Å²) in [5.41, 5.74) is 0.826. The standard InChI is InChI=1S/C23H19FN4O4S/c1-15(29)26-17-8-12-19(13-9-17)33(31,32)25-14-22-27-21-5-3-2-4-20(21)23(30)28(22)18-10-6-16(24)7-11-18/h2-13,25H,14H2,1H3,(H,26,29). The normalized spacial score (nSPS) is 11.5. The summed E-state index contributed by atoms with van der Waals surface area (Å²) < 4.78 is 42.8. The summed E-state index contributed by atoms with van der Waals surface area (Å²) in [6, 6.07) is 17.6. The SMILES string of the molecule is CC(=O)Nc1ccc(S(=O)(=O)NCc2nc3ccccc3c(=O)n2-c2ccc(F)cc2)cc1. The summed E-state index contributed by atoms with van der Waals surface area (Å²) in [5, 5.41) is 2.91. The molecule has 0 spiro atoms. The molecule has 168 valence electrons. The van der Waals surface area contributed by atoms with Crippen LogP contribution in [0.1, 0.15) is 12.7 Å². The van der Waals surface area contributed by atoms with Gasteiger partial charge in [-0.15, -0.1) is 0 Å². The van der Waals surface area contributed by atoms with E-state index in [9.17, 15) is 22.4 Å². The number of nitrogens with one attached hydrogen (secondary N) is 2. The lowest BCUT2D eigenvalue weighted by molar-refractivity contribution is -0.114. The lowest BCUT2D eigenvalue weighted by Gasteiger charge is -2.15. The summed E-state index contributed by atoms with van der Waals surface area (Å²) in [5.74, 6) is -0.598. The highest BCUT2D eigenvalue weighted by atomic mass is 32.2. The average molecular weight is 466 g/mol. The van der Waals surface area contributed by atoms with Crippen molar-refractivity contribution >= 4 is 32.5 Å². The van der Waals surface area contributed by atoms with Gasteiger partial charge in [-0.1, -0.05) is 12.1 Å². The lowest BCUT2D eigenvalue weighted by Crippen LogP contribution is -2.30. The Bertz CT molecular complexity index is 1500. The van der Waals surface area contributed by atoms with E-state index < -0.39 is 21.4 Å². The lowest BCUT2D eigenvalue weighted by atomic mass is 10.2. The van der Waals surface area contributed by atoms with Crippen LogP contribution in [0.15, 0.2) is 82.5 Å². The fourth-order valence-electron chi connectivity index (χ4n) is 3.32. The molecule has 1 aromatic heterocycles. The van der Waals surface area contributed by atoms with E-state index in [4.69, 9.17) is 0 Å². The van der Waals surface area contributed by atoms with Gasteiger partial charge in [0.25, 0.3) is 5.56 Å². The number of rotatable bonds is 6. The van der Waals surface area contributed by atoms with E-state index in [1.54, 1.807) is 24.3 Å². The van der Waals surface area contributed by atoms with Crippen LogP contribution in [-0.4, -0.2) is 23.9 Å².